The molecule has 0 saturated carbocycles. The van der Waals surface area contributed by atoms with Gasteiger partial charge in [0.1, 0.15) is 11.8 Å². The summed E-state index contributed by atoms with van der Waals surface area (Å²) in [4.78, 5) is 22.1. The van der Waals surface area contributed by atoms with E-state index in [-0.39, 0.29) is 10.8 Å². The average Bonchev–Trinajstić information content (AvgIpc) is 2.50. The number of nitrogens with one attached hydrogen (secondary N) is 2. The first-order valence-corrected chi connectivity index (χ1v) is 4.55. The molecule has 5 nitrogen and oxygen atoms in total. The van der Waals surface area contributed by atoms with Gasteiger partial charge in [0.25, 0.3) is 5.91 Å². The molecule has 15 heavy (non-hydrogen) atoms. The number of phenolic OH excluding ortho intramolecular Hbond substituents is 1. The minimum absolute atomic E-state index is 0.0647. The summed E-state index contributed by atoms with van der Waals surface area (Å²) in [7, 11) is 0. The van der Waals surface area contributed by atoms with Crippen LogP contribution in [0, 0.1) is 0 Å². The summed E-state index contributed by atoms with van der Waals surface area (Å²) in [5.41, 5.74) is 0.529. The first kappa shape index (κ1) is 9.79. The maximum Gasteiger partial charge on any atom is 0.322 e. The lowest BCUT2D eigenvalue weighted by Gasteiger charge is -2.08. The van der Waals surface area contributed by atoms with Gasteiger partial charge in [-0.3, -0.25) is 10.1 Å². The first-order chi connectivity index (χ1) is 7.08. The van der Waals surface area contributed by atoms with E-state index in [0.29, 0.717) is 5.56 Å². The van der Waals surface area contributed by atoms with Crippen molar-refractivity contribution in [2.75, 3.05) is 0 Å². The molecule has 1 aliphatic heterocycles. The van der Waals surface area contributed by atoms with E-state index < -0.39 is 18.0 Å². The van der Waals surface area contributed by atoms with E-state index in [4.69, 9.17) is 11.6 Å². The Morgan fingerprint density at radius 1 is 1.33 bits per heavy atom. The van der Waals surface area contributed by atoms with Gasteiger partial charge in [0.2, 0.25) is 0 Å². The number of halogens is 1. The molecule has 0 bridgehead atoms. The molecular weight excluding hydrogens is 220 g/mol. The van der Waals surface area contributed by atoms with Gasteiger partial charge in [0.05, 0.1) is 5.02 Å². The molecule has 3 N–H and O–H groups in total. The quantitative estimate of drug-likeness (QED) is 0.624. The third kappa shape index (κ3) is 1.73. The van der Waals surface area contributed by atoms with Crippen molar-refractivity contribution >= 4 is 23.5 Å². The lowest BCUT2D eigenvalue weighted by molar-refractivity contribution is -0.120. The van der Waals surface area contributed by atoms with E-state index in [1.54, 1.807) is 0 Å². The molecule has 1 saturated heterocycles. The average molecular weight is 227 g/mol. The van der Waals surface area contributed by atoms with Crippen molar-refractivity contribution < 1.29 is 14.7 Å². The standard InChI is InChI=1S/C9H7ClN2O3/c10-5-3-4(1-2-6(5)13)7-8(14)12-9(15)11-7/h1-3,7,13H,(H2,11,12,14,15). The van der Waals surface area contributed by atoms with Crippen molar-refractivity contribution in [1.29, 1.82) is 0 Å². The predicted octanol–water partition coefficient (Wildman–Crippen LogP) is 0.926. The first-order valence-electron chi connectivity index (χ1n) is 4.17. The molecule has 1 fully saturated rings. The third-order valence-corrected chi connectivity index (χ3v) is 2.38. The van der Waals surface area contributed by atoms with Crippen LogP contribution in [-0.2, 0) is 4.79 Å². The molecular formula is C9H7ClN2O3. The molecule has 0 aromatic heterocycles. The zero-order chi connectivity index (χ0) is 11.0. The summed E-state index contributed by atoms with van der Waals surface area (Å²) < 4.78 is 0. The maximum absolute atomic E-state index is 11.3. The van der Waals surface area contributed by atoms with Crippen molar-refractivity contribution in [1.82, 2.24) is 10.6 Å². The number of benzene rings is 1. The SMILES string of the molecule is O=C1NC(=O)C(c2ccc(O)c(Cl)c2)N1. The van der Waals surface area contributed by atoms with Crippen LogP contribution in [0.5, 0.6) is 5.75 Å². The molecule has 0 radical (unpaired) electrons. The zero-order valence-electron chi connectivity index (χ0n) is 7.45. The molecule has 1 unspecified atom stereocenters. The Balaban J connectivity index is 2.34. The van der Waals surface area contributed by atoms with Crippen molar-refractivity contribution in [2.45, 2.75) is 6.04 Å². The van der Waals surface area contributed by atoms with Crippen molar-refractivity contribution in [3.8, 4) is 5.75 Å². The fourth-order valence-corrected chi connectivity index (χ4v) is 1.54. The number of phenols is 1. The Morgan fingerprint density at radius 3 is 2.60 bits per heavy atom. The lowest BCUT2D eigenvalue weighted by atomic mass is 10.1. The molecule has 3 amide bonds. The molecule has 0 spiro atoms. The number of aromatic hydroxyl groups is 1. The van der Waals surface area contributed by atoms with Gasteiger partial charge in [0.15, 0.2) is 0 Å². The van der Waals surface area contributed by atoms with Crippen LogP contribution in [0.15, 0.2) is 18.2 Å². The van der Waals surface area contributed by atoms with Gasteiger partial charge in [-0.25, -0.2) is 4.79 Å². The summed E-state index contributed by atoms with van der Waals surface area (Å²) in [5.74, 6) is -0.494. The summed E-state index contributed by atoms with van der Waals surface area (Å²) >= 11 is 5.68. The van der Waals surface area contributed by atoms with Gasteiger partial charge in [-0.1, -0.05) is 17.7 Å². The Labute approximate surface area is 90.0 Å². The van der Waals surface area contributed by atoms with Crippen LogP contribution in [0.25, 0.3) is 0 Å². The van der Waals surface area contributed by atoms with Gasteiger partial charge in [-0.05, 0) is 17.7 Å². The fourth-order valence-electron chi connectivity index (χ4n) is 1.35. The molecule has 1 aliphatic rings. The number of hydrogen-bond acceptors (Lipinski definition) is 3. The number of rotatable bonds is 1. The van der Waals surface area contributed by atoms with E-state index in [9.17, 15) is 14.7 Å². The summed E-state index contributed by atoms with van der Waals surface area (Å²) in [6.45, 7) is 0. The minimum atomic E-state index is -0.740. The molecule has 1 atom stereocenters. The number of hydrogen-bond donors (Lipinski definition) is 3. The molecule has 2 rings (SSSR count). The molecule has 1 aromatic carbocycles. The van der Waals surface area contributed by atoms with E-state index in [0.717, 1.165) is 0 Å². The van der Waals surface area contributed by atoms with Gasteiger partial charge in [-0.15, -0.1) is 0 Å². The van der Waals surface area contributed by atoms with Gasteiger partial charge >= 0.3 is 6.03 Å². The number of urea groups is 1. The highest BCUT2D eigenvalue weighted by Crippen LogP contribution is 2.27. The molecule has 6 heteroatoms. The van der Waals surface area contributed by atoms with Crippen LogP contribution in [0.1, 0.15) is 11.6 Å². The smallest absolute Gasteiger partial charge is 0.322 e. The van der Waals surface area contributed by atoms with Gasteiger partial charge < -0.3 is 10.4 Å². The van der Waals surface area contributed by atoms with Crippen LogP contribution >= 0.6 is 11.6 Å². The Morgan fingerprint density at radius 2 is 2.07 bits per heavy atom. The van der Waals surface area contributed by atoms with Crippen LogP contribution in [0.4, 0.5) is 4.79 Å². The minimum Gasteiger partial charge on any atom is -0.506 e. The highest BCUT2D eigenvalue weighted by Gasteiger charge is 2.30. The summed E-state index contributed by atoms with van der Waals surface area (Å²) in [6.07, 6.45) is 0. The van der Waals surface area contributed by atoms with Crippen molar-refractivity contribution in [3.63, 3.8) is 0 Å². The van der Waals surface area contributed by atoms with Gasteiger partial charge in [-0.2, -0.15) is 0 Å². The summed E-state index contributed by atoms with van der Waals surface area (Å²) in [6, 6.07) is 3.06. The zero-order valence-corrected chi connectivity index (χ0v) is 8.21. The predicted molar refractivity (Wildman–Crippen MR) is 52.5 cm³/mol. The molecule has 78 valence electrons. The van der Waals surface area contributed by atoms with Gasteiger partial charge in [0, 0.05) is 0 Å². The Kier molecular flexibility index (Phi) is 2.24. The topological polar surface area (TPSA) is 78.4 Å². The number of amides is 3. The Hall–Kier alpha value is -1.75. The molecule has 1 aromatic rings. The number of carbonyl (C=O) groups is 2. The Bertz CT molecular complexity index is 447. The molecule has 1 heterocycles. The highest BCUT2D eigenvalue weighted by molar-refractivity contribution is 6.32. The van der Waals surface area contributed by atoms with E-state index >= 15 is 0 Å². The van der Waals surface area contributed by atoms with Crippen molar-refractivity contribution in [2.24, 2.45) is 0 Å². The van der Waals surface area contributed by atoms with Crippen LogP contribution in [-0.4, -0.2) is 17.0 Å². The fraction of sp³-hybridized carbons (Fsp3) is 0.111. The van der Waals surface area contributed by atoms with E-state index in [2.05, 4.69) is 10.6 Å². The monoisotopic (exact) mass is 226 g/mol. The number of carbonyl (C=O) groups excluding carboxylic acids is 2. The van der Waals surface area contributed by atoms with Crippen LogP contribution in [0.3, 0.4) is 0 Å². The molecule has 0 aliphatic carbocycles. The van der Waals surface area contributed by atoms with E-state index in [1.165, 1.54) is 18.2 Å². The second-order valence-electron chi connectivity index (χ2n) is 3.11. The van der Waals surface area contributed by atoms with Crippen molar-refractivity contribution in [3.05, 3.63) is 28.8 Å². The number of imide groups is 1. The highest BCUT2D eigenvalue weighted by atomic mass is 35.5. The third-order valence-electron chi connectivity index (χ3n) is 2.08. The van der Waals surface area contributed by atoms with Crippen LogP contribution < -0.4 is 10.6 Å². The second kappa shape index (κ2) is 3.43. The van der Waals surface area contributed by atoms with Crippen LogP contribution in [0.2, 0.25) is 5.02 Å². The summed E-state index contributed by atoms with van der Waals surface area (Å²) in [5, 5.41) is 13.9. The lowest BCUT2D eigenvalue weighted by Crippen LogP contribution is -2.22. The normalized spacial score (nSPS) is 19.9. The second-order valence-corrected chi connectivity index (χ2v) is 3.51. The van der Waals surface area contributed by atoms with E-state index in [1.807, 2.05) is 0 Å². The largest absolute Gasteiger partial charge is 0.506 e. The maximum atomic E-state index is 11.3.